The molecule has 0 radical (unpaired) electrons. The lowest BCUT2D eigenvalue weighted by molar-refractivity contribution is 0.201. The maximum absolute atomic E-state index is 6.19. The third-order valence-corrected chi connectivity index (χ3v) is 4.31. The molecular weight excluding hydrogens is 336 g/mol. The lowest BCUT2D eigenvalue weighted by Gasteiger charge is -2.19. The van der Waals surface area contributed by atoms with Gasteiger partial charge in [-0.2, -0.15) is 0 Å². The number of ether oxygens (including phenoxy) is 2. The van der Waals surface area contributed by atoms with Crippen molar-refractivity contribution in [2.45, 2.75) is 31.8 Å². The van der Waals surface area contributed by atoms with Gasteiger partial charge in [0, 0.05) is 10.5 Å². The molecule has 0 spiro atoms. The predicted octanol–water partition coefficient (Wildman–Crippen LogP) is 4.02. The van der Waals surface area contributed by atoms with Crippen LogP contribution in [-0.4, -0.2) is 18.4 Å². The highest BCUT2D eigenvalue weighted by atomic mass is 79.9. The Balaban J connectivity index is 2.07. The topological polar surface area (TPSA) is 70.5 Å². The van der Waals surface area contributed by atoms with Gasteiger partial charge in [-0.1, -0.05) is 5.16 Å². The van der Waals surface area contributed by atoms with Crippen LogP contribution in [0.3, 0.4) is 0 Å². The first kappa shape index (κ1) is 14.3. The standard InChI is InChI=1S/C15H17BrN2O3/c1-19-11-7-6-10(16)14(12-8-13(17)18-21-12)15(11)20-9-4-2-3-5-9/h6-9H,2-5H2,1H3,(H2,17,18). The van der Waals surface area contributed by atoms with Gasteiger partial charge in [-0.3, -0.25) is 0 Å². The van der Waals surface area contributed by atoms with E-state index in [1.165, 1.54) is 12.8 Å². The van der Waals surface area contributed by atoms with Crippen molar-refractivity contribution in [2.75, 3.05) is 12.8 Å². The number of hydrogen-bond acceptors (Lipinski definition) is 5. The minimum absolute atomic E-state index is 0.215. The lowest BCUT2D eigenvalue weighted by atomic mass is 10.1. The van der Waals surface area contributed by atoms with Crippen molar-refractivity contribution in [3.63, 3.8) is 0 Å². The second-order valence-corrected chi connectivity index (χ2v) is 5.95. The van der Waals surface area contributed by atoms with Gasteiger partial charge in [0.1, 0.15) is 0 Å². The molecule has 0 bridgehead atoms. The van der Waals surface area contributed by atoms with Crippen LogP contribution in [0, 0.1) is 0 Å². The zero-order valence-corrected chi connectivity index (χ0v) is 13.4. The van der Waals surface area contributed by atoms with Gasteiger partial charge in [0.2, 0.25) is 0 Å². The molecule has 1 heterocycles. The molecule has 1 aliphatic rings. The highest BCUT2D eigenvalue weighted by Gasteiger charge is 2.24. The number of hydrogen-bond donors (Lipinski definition) is 1. The summed E-state index contributed by atoms with van der Waals surface area (Å²) in [6.45, 7) is 0. The number of nitrogens with two attached hydrogens (primary N) is 1. The van der Waals surface area contributed by atoms with Gasteiger partial charge in [0.05, 0.1) is 18.8 Å². The second-order valence-electron chi connectivity index (χ2n) is 5.09. The second kappa shape index (κ2) is 5.97. The van der Waals surface area contributed by atoms with Crippen LogP contribution < -0.4 is 15.2 Å². The molecule has 6 heteroatoms. The molecule has 0 amide bonds. The van der Waals surface area contributed by atoms with E-state index in [0.29, 0.717) is 23.1 Å². The zero-order chi connectivity index (χ0) is 14.8. The van der Waals surface area contributed by atoms with E-state index in [9.17, 15) is 0 Å². The van der Waals surface area contributed by atoms with Crippen molar-refractivity contribution in [1.29, 1.82) is 0 Å². The highest BCUT2D eigenvalue weighted by molar-refractivity contribution is 9.10. The molecule has 0 unspecified atom stereocenters. The van der Waals surface area contributed by atoms with E-state index in [1.807, 2.05) is 12.1 Å². The number of benzene rings is 1. The molecule has 1 aliphatic carbocycles. The van der Waals surface area contributed by atoms with Crippen molar-refractivity contribution < 1.29 is 14.0 Å². The van der Waals surface area contributed by atoms with Crippen molar-refractivity contribution in [3.05, 3.63) is 22.7 Å². The van der Waals surface area contributed by atoms with Gasteiger partial charge in [0.15, 0.2) is 23.1 Å². The van der Waals surface area contributed by atoms with Gasteiger partial charge in [-0.15, -0.1) is 0 Å². The zero-order valence-electron chi connectivity index (χ0n) is 11.8. The fourth-order valence-corrected chi connectivity index (χ4v) is 3.13. The van der Waals surface area contributed by atoms with Gasteiger partial charge in [-0.05, 0) is 53.7 Å². The predicted molar refractivity (Wildman–Crippen MR) is 83.5 cm³/mol. The SMILES string of the molecule is COc1ccc(Br)c(-c2cc(N)no2)c1OC1CCCC1. The summed E-state index contributed by atoms with van der Waals surface area (Å²) in [5.41, 5.74) is 6.44. The third-order valence-electron chi connectivity index (χ3n) is 3.65. The van der Waals surface area contributed by atoms with E-state index in [1.54, 1.807) is 13.2 Å². The smallest absolute Gasteiger partial charge is 0.174 e. The first-order valence-electron chi connectivity index (χ1n) is 6.94. The van der Waals surface area contributed by atoms with Gasteiger partial charge in [-0.25, -0.2) is 0 Å². The van der Waals surface area contributed by atoms with Gasteiger partial charge < -0.3 is 19.7 Å². The number of halogens is 1. The van der Waals surface area contributed by atoms with Crippen LogP contribution in [0.1, 0.15) is 25.7 Å². The van der Waals surface area contributed by atoms with Crippen molar-refractivity contribution in [1.82, 2.24) is 5.16 Å². The molecule has 1 saturated carbocycles. The summed E-state index contributed by atoms with van der Waals surface area (Å²) in [5, 5.41) is 3.75. The number of nitrogens with zero attached hydrogens (tertiary/aromatic N) is 1. The minimum atomic E-state index is 0.215. The van der Waals surface area contributed by atoms with Crippen molar-refractivity contribution in [3.8, 4) is 22.8 Å². The Morgan fingerprint density at radius 3 is 2.71 bits per heavy atom. The van der Waals surface area contributed by atoms with E-state index in [4.69, 9.17) is 19.7 Å². The van der Waals surface area contributed by atoms with E-state index in [0.717, 1.165) is 22.9 Å². The average molecular weight is 353 g/mol. The molecule has 1 aromatic carbocycles. The summed E-state index contributed by atoms with van der Waals surface area (Å²) in [6.07, 6.45) is 4.74. The van der Waals surface area contributed by atoms with Crippen LogP contribution in [0.5, 0.6) is 11.5 Å². The van der Waals surface area contributed by atoms with E-state index in [-0.39, 0.29) is 6.10 Å². The Kier molecular flexibility index (Phi) is 4.05. The summed E-state index contributed by atoms with van der Waals surface area (Å²) in [5.74, 6) is 2.25. The fraction of sp³-hybridized carbons (Fsp3) is 0.400. The number of anilines is 1. The fourth-order valence-electron chi connectivity index (χ4n) is 2.63. The van der Waals surface area contributed by atoms with Crippen molar-refractivity contribution >= 4 is 21.7 Å². The highest BCUT2D eigenvalue weighted by Crippen LogP contribution is 2.45. The summed E-state index contributed by atoms with van der Waals surface area (Å²) >= 11 is 3.54. The van der Waals surface area contributed by atoms with E-state index < -0.39 is 0 Å². The molecule has 0 atom stereocenters. The molecule has 2 N–H and O–H groups in total. The van der Waals surface area contributed by atoms with Gasteiger partial charge in [0.25, 0.3) is 0 Å². The Labute approximate surface area is 131 Å². The maximum Gasteiger partial charge on any atom is 0.174 e. The molecule has 1 aromatic heterocycles. The quantitative estimate of drug-likeness (QED) is 0.899. The van der Waals surface area contributed by atoms with Crippen LogP contribution in [0.4, 0.5) is 5.82 Å². The van der Waals surface area contributed by atoms with Crippen molar-refractivity contribution in [2.24, 2.45) is 0 Å². The molecule has 0 aliphatic heterocycles. The number of methoxy groups -OCH3 is 1. The molecular formula is C15H17BrN2O3. The summed E-state index contributed by atoms with van der Waals surface area (Å²) in [7, 11) is 1.63. The molecule has 2 aromatic rings. The largest absolute Gasteiger partial charge is 0.493 e. The average Bonchev–Trinajstić information content (AvgIpc) is 3.11. The molecule has 5 nitrogen and oxygen atoms in total. The van der Waals surface area contributed by atoms with Gasteiger partial charge >= 0.3 is 0 Å². The lowest BCUT2D eigenvalue weighted by Crippen LogP contribution is -2.12. The first-order valence-corrected chi connectivity index (χ1v) is 7.74. The van der Waals surface area contributed by atoms with E-state index in [2.05, 4.69) is 21.1 Å². The Hall–Kier alpha value is -1.69. The Bertz CT molecular complexity index is 636. The van der Waals surface area contributed by atoms with Crippen LogP contribution in [0.2, 0.25) is 0 Å². The maximum atomic E-state index is 6.19. The van der Waals surface area contributed by atoms with Crippen LogP contribution in [-0.2, 0) is 0 Å². The van der Waals surface area contributed by atoms with Crippen LogP contribution in [0.15, 0.2) is 27.2 Å². The molecule has 1 fully saturated rings. The first-order chi connectivity index (χ1) is 10.2. The summed E-state index contributed by atoms with van der Waals surface area (Å²) < 4.78 is 17.8. The third kappa shape index (κ3) is 2.85. The summed E-state index contributed by atoms with van der Waals surface area (Å²) in [6, 6.07) is 5.45. The van der Waals surface area contributed by atoms with E-state index >= 15 is 0 Å². The Morgan fingerprint density at radius 2 is 2.10 bits per heavy atom. The Morgan fingerprint density at radius 1 is 1.33 bits per heavy atom. The van der Waals surface area contributed by atoms with Crippen LogP contribution >= 0.6 is 15.9 Å². The molecule has 0 saturated heterocycles. The molecule has 21 heavy (non-hydrogen) atoms. The number of aromatic nitrogens is 1. The molecule has 112 valence electrons. The molecule has 3 rings (SSSR count). The van der Waals surface area contributed by atoms with Crippen LogP contribution in [0.25, 0.3) is 11.3 Å². The number of rotatable bonds is 4. The summed E-state index contributed by atoms with van der Waals surface area (Å²) in [4.78, 5) is 0. The monoisotopic (exact) mass is 352 g/mol. The number of nitrogen functional groups attached to an aromatic ring is 1. The normalized spacial score (nSPS) is 15.3. The minimum Gasteiger partial charge on any atom is -0.493 e.